The summed E-state index contributed by atoms with van der Waals surface area (Å²) in [6, 6.07) is 15.7. The first-order chi connectivity index (χ1) is 12.4. The third-order valence-electron chi connectivity index (χ3n) is 4.00. The zero-order valence-electron chi connectivity index (χ0n) is 13.7. The molecule has 3 heterocycles. The van der Waals surface area contributed by atoms with Gasteiger partial charge in [0.1, 0.15) is 0 Å². The molecule has 1 aromatic carbocycles. The normalized spacial score (nSPS) is 12.2. The number of nitrogens with zero attached hydrogens (tertiary/aromatic N) is 2. The number of hydrogen-bond acceptors (Lipinski definition) is 5. The van der Waals surface area contributed by atoms with E-state index in [1.54, 1.807) is 0 Å². The smallest absolute Gasteiger partial charge is 0.231 e. The molecule has 3 aromatic rings. The van der Waals surface area contributed by atoms with Gasteiger partial charge in [0.15, 0.2) is 11.5 Å². The summed E-state index contributed by atoms with van der Waals surface area (Å²) in [5, 5.41) is 0. The van der Waals surface area contributed by atoms with Gasteiger partial charge in [-0.15, -0.1) is 0 Å². The van der Waals surface area contributed by atoms with Crippen molar-refractivity contribution in [2.75, 3.05) is 13.4 Å². The molecule has 0 unspecified atom stereocenters. The van der Waals surface area contributed by atoms with Gasteiger partial charge in [-0.3, -0.25) is 4.98 Å². The Morgan fingerprint density at radius 1 is 0.920 bits per heavy atom. The van der Waals surface area contributed by atoms with Crippen molar-refractivity contribution < 1.29 is 14.2 Å². The van der Waals surface area contributed by atoms with E-state index in [0.29, 0.717) is 12.5 Å². The number of fused-ring (bicyclic) bond motifs is 1. The van der Waals surface area contributed by atoms with Gasteiger partial charge in [0.2, 0.25) is 12.7 Å². The second-order valence-electron chi connectivity index (χ2n) is 5.73. The molecule has 1 aliphatic heterocycles. The molecule has 0 amide bonds. The van der Waals surface area contributed by atoms with Crippen molar-refractivity contribution >= 4 is 0 Å². The quantitative estimate of drug-likeness (QED) is 0.640. The second-order valence-corrected chi connectivity index (χ2v) is 5.73. The van der Waals surface area contributed by atoms with Crippen LogP contribution in [0.3, 0.4) is 0 Å². The molecule has 0 saturated heterocycles. The van der Waals surface area contributed by atoms with Crippen LogP contribution in [0.2, 0.25) is 0 Å². The van der Waals surface area contributed by atoms with E-state index >= 15 is 0 Å². The third-order valence-corrected chi connectivity index (χ3v) is 4.00. The first-order valence-electron chi connectivity index (χ1n) is 8.27. The molecular formula is C20H18N2O3. The maximum atomic E-state index is 5.71. The minimum atomic E-state index is 0.280. The SMILES string of the molecule is c1ccc(CCCOc2ccc(-c3ccc4c(c3)OCO4)cn2)nc1. The van der Waals surface area contributed by atoms with Crippen LogP contribution >= 0.6 is 0 Å². The fourth-order valence-corrected chi connectivity index (χ4v) is 2.69. The Morgan fingerprint density at radius 2 is 1.84 bits per heavy atom. The molecular weight excluding hydrogens is 316 g/mol. The number of ether oxygens (including phenoxy) is 3. The molecule has 5 nitrogen and oxygen atoms in total. The molecule has 0 atom stereocenters. The molecule has 0 saturated carbocycles. The van der Waals surface area contributed by atoms with Crippen molar-refractivity contribution in [2.45, 2.75) is 12.8 Å². The summed E-state index contributed by atoms with van der Waals surface area (Å²) in [6.07, 6.45) is 5.43. The Morgan fingerprint density at radius 3 is 2.68 bits per heavy atom. The number of pyridine rings is 2. The van der Waals surface area contributed by atoms with E-state index in [9.17, 15) is 0 Å². The van der Waals surface area contributed by atoms with Gasteiger partial charge >= 0.3 is 0 Å². The molecule has 1 aliphatic rings. The largest absolute Gasteiger partial charge is 0.478 e. The number of rotatable bonds is 6. The van der Waals surface area contributed by atoms with Crippen LogP contribution in [0.1, 0.15) is 12.1 Å². The Kier molecular flexibility index (Phi) is 4.46. The molecule has 126 valence electrons. The highest BCUT2D eigenvalue weighted by atomic mass is 16.7. The van der Waals surface area contributed by atoms with Crippen LogP contribution < -0.4 is 14.2 Å². The lowest BCUT2D eigenvalue weighted by molar-refractivity contribution is 0.174. The summed E-state index contributed by atoms with van der Waals surface area (Å²) >= 11 is 0. The first-order valence-corrected chi connectivity index (χ1v) is 8.27. The molecule has 0 N–H and O–H groups in total. The number of aromatic nitrogens is 2. The summed E-state index contributed by atoms with van der Waals surface area (Å²) in [5.74, 6) is 2.18. The van der Waals surface area contributed by atoms with Gasteiger partial charge in [-0.2, -0.15) is 0 Å². The molecule has 0 aliphatic carbocycles. The fourth-order valence-electron chi connectivity index (χ4n) is 2.69. The van der Waals surface area contributed by atoms with Crippen LogP contribution in [-0.4, -0.2) is 23.4 Å². The van der Waals surface area contributed by atoms with Gasteiger partial charge in [0.25, 0.3) is 0 Å². The summed E-state index contributed by atoms with van der Waals surface area (Å²) in [6.45, 7) is 0.898. The monoisotopic (exact) mass is 334 g/mol. The van der Waals surface area contributed by atoms with E-state index in [0.717, 1.165) is 41.2 Å². The molecule has 5 heteroatoms. The van der Waals surface area contributed by atoms with Crippen LogP contribution in [0.5, 0.6) is 17.4 Å². The second kappa shape index (κ2) is 7.21. The van der Waals surface area contributed by atoms with Gasteiger partial charge in [0.05, 0.1) is 6.61 Å². The highest BCUT2D eigenvalue weighted by Crippen LogP contribution is 2.35. The molecule has 25 heavy (non-hydrogen) atoms. The van der Waals surface area contributed by atoms with Crippen molar-refractivity contribution in [3.8, 4) is 28.5 Å². The van der Waals surface area contributed by atoms with E-state index in [2.05, 4.69) is 9.97 Å². The van der Waals surface area contributed by atoms with Crippen LogP contribution in [0.15, 0.2) is 60.9 Å². The van der Waals surface area contributed by atoms with Gasteiger partial charge < -0.3 is 14.2 Å². The maximum Gasteiger partial charge on any atom is 0.231 e. The lowest BCUT2D eigenvalue weighted by Crippen LogP contribution is -2.01. The zero-order valence-corrected chi connectivity index (χ0v) is 13.7. The zero-order chi connectivity index (χ0) is 16.9. The van der Waals surface area contributed by atoms with Crippen molar-refractivity contribution in [3.05, 3.63) is 66.6 Å². The Labute approximate surface area is 146 Å². The number of hydrogen-bond donors (Lipinski definition) is 0. The van der Waals surface area contributed by atoms with Crippen LogP contribution in [-0.2, 0) is 6.42 Å². The summed E-state index contributed by atoms with van der Waals surface area (Å²) in [4.78, 5) is 8.69. The minimum Gasteiger partial charge on any atom is -0.478 e. The number of aryl methyl sites for hydroxylation is 1. The van der Waals surface area contributed by atoms with E-state index in [1.807, 2.05) is 60.9 Å². The summed E-state index contributed by atoms with van der Waals surface area (Å²) in [5.41, 5.74) is 3.13. The van der Waals surface area contributed by atoms with Crippen LogP contribution in [0.25, 0.3) is 11.1 Å². The average molecular weight is 334 g/mol. The topological polar surface area (TPSA) is 53.5 Å². The molecule has 0 radical (unpaired) electrons. The summed E-state index contributed by atoms with van der Waals surface area (Å²) in [7, 11) is 0. The Bertz CT molecular complexity index is 835. The highest BCUT2D eigenvalue weighted by Gasteiger charge is 2.13. The molecule has 4 rings (SSSR count). The van der Waals surface area contributed by atoms with Gasteiger partial charge in [0, 0.05) is 29.7 Å². The molecule has 0 bridgehead atoms. The lowest BCUT2D eigenvalue weighted by Gasteiger charge is -2.07. The van der Waals surface area contributed by atoms with E-state index in [4.69, 9.17) is 14.2 Å². The van der Waals surface area contributed by atoms with Crippen molar-refractivity contribution in [3.63, 3.8) is 0 Å². The van der Waals surface area contributed by atoms with Gasteiger partial charge in [-0.25, -0.2) is 4.98 Å². The average Bonchev–Trinajstić information content (AvgIpc) is 3.14. The predicted octanol–water partition coefficient (Wildman–Crippen LogP) is 3.88. The van der Waals surface area contributed by atoms with Gasteiger partial charge in [-0.05, 0) is 48.7 Å². The van der Waals surface area contributed by atoms with Crippen LogP contribution in [0.4, 0.5) is 0 Å². The number of benzene rings is 1. The first kappa shape index (κ1) is 15.4. The fraction of sp³-hybridized carbons (Fsp3) is 0.200. The van der Waals surface area contributed by atoms with Crippen LogP contribution in [0, 0.1) is 0 Å². The van der Waals surface area contributed by atoms with E-state index in [1.165, 1.54) is 0 Å². The van der Waals surface area contributed by atoms with E-state index < -0.39 is 0 Å². The molecule has 0 spiro atoms. The maximum absolute atomic E-state index is 5.71. The highest BCUT2D eigenvalue weighted by molar-refractivity contribution is 5.67. The Hall–Kier alpha value is -3.08. The predicted molar refractivity (Wildman–Crippen MR) is 93.8 cm³/mol. The van der Waals surface area contributed by atoms with Crippen molar-refractivity contribution in [1.29, 1.82) is 0 Å². The van der Waals surface area contributed by atoms with Gasteiger partial charge in [-0.1, -0.05) is 12.1 Å². The molecule has 2 aromatic heterocycles. The third kappa shape index (κ3) is 3.71. The standard InChI is InChI=1S/C20H18N2O3/c1-2-10-21-17(4-1)5-3-11-23-20-9-7-16(13-22-20)15-6-8-18-19(12-15)25-14-24-18/h1-2,4,6-10,12-13H,3,5,11,14H2. The lowest BCUT2D eigenvalue weighted by atomic mass is 10.1. The van der Waals surface area contributed by atoms with E-state index in [-0.39, 0.29) is 6.79 Å². The van der Waals surface area contributed by atoms with Crippen molar-refractivity contribution in [2.24, 2.45) is 0 Å². The Balaban J connectivity index is 1.32. The summed E-state index contributed by atoms with van der Waals surface area (Å²) < 4.78 is 16.5. The minimum absolute atomic E-state index is 0.280. The van der Waals surface area contributed by atoms with Crippen molar-refractivity contribution in [1.82, 2.24) is 9.97 Å². The molecule has 0 fully saturated rings.